The fourth-order valence-corrected chi connectivity index (χ4v) is 11.6. The van der Waals surface area contributed by atoms with Crippen molar-refractivity contribution in [2.24, 2.45) is 0 Å². The molecule has 0 spiro atoms. The van der Waals surface area contributed by atoms with Crippen LogP contribution in [0, 0.1) is 0 Å². The van der Waals surface area contributed by atoms with Crippen molar-refractivity contribution in [1.29, 1.82) is 0 Å². The van der Waals surface area contributed by atoms with Crippen LogP contribution in [0.3, 0.4) is 0 Å². The van der Waals surface area contributed by atoms with E-state index in [0.717, 1.165) is 96.3 Å². The van der Waals surface area contributed by atoms with E-state index < -0.39 is 97.5 Å². The standard InChI is InChI=1S/C66H128O17P2/c1-5-9-13-17-20-23-26-29-30-31-32-35-38-41-45-49-53-66(71)83-62(57-77-64(69)51-47-43-39-36-33-27-24-21-18-14-10-6-2)59-81-85(74,75)79-55-60(67)54-78-84(72,73)80-58-61(56-76-63(68)50-46-42-16-12-8-4)82-65(70)52-48-44-40-37-34-28-25-22-19-15-11-7-3/h60-62,67H,5-59H2,1-4H3,(H,72,73)(H,74,75)/t60-,61+,62+/m0/s1. The minimum absolute atomic E-state index is 0.107. The number of esters is 4. The molecule has 0 radical (unpaired) electrons. The lowest BCUT2D eigenvalue weighted by Crippen LogP contribution is -2.30. The lowest BCUT2D eigenvalue weighted by atomic mass is 10.0. The highest BCUT2D eigenvalue weighted by Crippen LogP contribution is 2.45. The predicted octanol–water partition coefficient (Wildman–Crippen LogP) is 18.7. The molecule has 0 aliphatic carbocycles. The molecule has 17 nitrogen and oxygen atoms in total. The van der Waals surface area contributed by atoms with Crippen molar-refractivity contribution in [2.75, 3.05) is 39.6 Å². The molecule has 0 saturated heterocycles. The van der Waals surface area contributed by atoms with E-state index in [2.05, 4.69) is 27.7 Å². The number of hydrogen-bond donors (Lipinski definition) is 3. The van der Waals surface area contributed by atoms with Gasteiger partial charge in [-0.2, -0.15) is 0 Å². The van der Waals surface area contributed by atoms with Crippen molar-refractivity contribution in [3.05, 3.63) is 0 Å². The van der Waals surface area contributed by atoms with Gasteiger partial charge in [0.15, 0.2) is 12.2 Å². The average molecular weight is 1260 g/mol. The maximum atomic E-state index is 13.0. The summed E-state index contributed by atoms with van der Waals surface area (Å²) in [6.45, 7) is 4.83. The maximum Gasteiger partial charge on any atom is 0.472 e. The molecule has 0 bridgehead atoms. The third-order valence-corrected chi connectivity index (χ3v) is 17.3. The molecule has 0 saturated carbocycles. The van der Waals surface area contributed by atoms with E-state index in [4.69, 9.17) is 37.0 Å². The third-order valence-electron chi connectivity index (χ3n) is 15.4. The molecule has 0 rings (SSSR count). The molecule has 3 N–H and O–H groups in total. The largest absolute Gasteiger partial charge is 0.472 e. The second-order valence-corrected chi connectivity index (χ2v) is 26.8. The molecule has 85 heavy (non-hydrogen) atoms. The Balaban J connectivity index is 5.16. The Labute approximate surface area is 517 Å². The van der Waals surface area contributed by atoms with E-state index in [9.17, 15) is 43.2 Å². The molecule has 0 fully saturated rings. The van der Waals surface area contributed by atoms with Gasteiger partial charge >= 0.3 is 39.5 Å². The number of phosphoric ester groups is 2. The molecule has 2 unspecified atom stereocenters. The lowest BCUT2D eigenvalue weighted by molar-refractivity contribution is -0.161. The highest BCUT2D eigenvalue weighted by Gasteiger charge is 2.30. The first-order valence-electron chi connectivity index (χ1n) is 34.8. The number of aliphatic hydroxyl groups excluding tert-OH is 1. The summed E-state index contributed by atoms with van der Waals surface area (Å²) in [6, 6.07) is 0. The summed E-state index contributed by atoms with van der Waals surface area (Å²) in [5.74, 6) is -2.14. The predicted molar refractivity (Wildman–Crippen MR) is 340 cm³/mol. The quantitative estimate of drug-likeness (QED) is 0.0222. The van der Waals surface area contributed by atoms with Crippen LogP contribution in [0.4, 0.5) is 0 Å². The van der Waals surface area contributed by atoms with Crippen LogP contribution in [0.25, 0.3) is 0 Å². The van der Waals surface area contributed by atoms with Crippen molar-refractivity contribution in [1.82, 2.24) is 0 Å². The maximum absolute atomic E-state index is 13.0. The van der Waals surface area contributed by atoms with Gasteiger partial charge in [0, 0.05) is 25.7 Å². The Kier molecular flexibility index (Phi) is 59.6. The number of phosphoric acid groups is 2. The third kappa shape index (κ3) is 60.7. The monoisotopic (exact) mass is 1250 g/mol. The van der Waals surface area contributed by atoms with E-state index >= 15 is 0 Å². The van der Waals surface area contributed by atoms with Crippen LogP contribution in [-0.4, -0.2) is 96.7 Å². The molecule has 0 aliphatic rings. The van der Waals surface area contributed by atoms with Gasteiger partial charge in [-0.1, -0.05) is 291 Å². The molecular formula is C66H128O17P2. The first-order valence-corrected chi connectivity index (χ1v) is 37.8. The summed E-state index contributed by atoms with van der Waals surface area (Å²) in [5, 5.41) is 10.5. The smallest absolute Gasteiger partial charge is 0.462 e. The minimum atomic E-state index is -4.94. The number of rotatable bonds is 67. The van der Waals surface area contributed by atoms with Gasteiger partial charge in [0.25, 0.3) is 0 Å². The molecule has 504 valence electrons. The molecular weight excluding hydrogens is 1130 g/mol. The number of hydrogen-bond acceptors (Lipinski definition) is 15. The van der Waals surface area contributed by atoms with Crippen LogP contribution in [-0.2, 0) is 65.4 Å². The van der Waals surface area contributed by atoms with E-state index in [-0.39, 0.29) is 25.7 Å². The van der Waals surface area contributed by atoms with Gasteiger partial charge in [-0.15, -0.1) is 0 Å². The van der Waals surface area contributed by atoms with Crippen molar-refractivity contribution >= 4 is 39.5 Å². The Morgan fingerprint density at radius 3 is 0.694 bits per heavy atom. The molecule has 0 aliphatic heterocycles. The number of unbranched alkanes of at least 4 members (excludes halogenated alkanes) is 41. The van der Waals surface area contributed by atoms with Crippen LogP contribution in [0.1, 0.15) is 342 Å². The van der Waals surface area contributed by atoms with E-state index in [1.807, 2.05) is 0 Å². The summed E-state index contributed by atoms with van der Waals surface area (Å²) in [7, 11) is -9.88. The first kappa shape index (κ1) is 83.1. The van der Waals surface area contributed by atoms with Crippen molar-refractivity contribution in [2.45, 2.75) is 361 Å². The molecule has 0 aromatic carbocycles. The van der Waals surface area contributed by atoms with Crippen LogP contribution < -0.4 is 0 Å². The fraction of sp³-hybridized carbons (Fsp3) is 0.939. The number of carbonyl (C=O) groups is 4. The van der Waals surface area contributed by atoms with Gasteiger partial charge in [0.05, 0.1) is 26.4 Å². The summed E-state index contributed by atoms with van der Waals surface area (Å²) in [5.41, 5.74) is 0. The number of ether oxygens (including phenoxy) is 4. The number of carbonyl (C=O) groups excluding carboxylic acids is 4. The van der Waals surface area contributed by atoms with Crippen LogP contribution in [0.2, 0.25) is 0 Å². The highest BCUT2D eigenvalue weighted by molar-refractivity contribution is 7.47. The molecule has 19 heteroatoms. The molecule has 0 heterocycles. The van der Waals surface area contributed by atoms with Crippen molar-refractivity contribution in [3.8, 4) is 0 Å². The summed E-state index contributed by atoms with van der Waals surface area (Å²) < 4.78 is 67.9. The van der Waals surface area contributed by atoms with E-state index in [1.54, 1.807) is 0 Å². The molecule has 0 aromatic heterocycles. The minimum Gasteiger partial charge on any atom is -0.462 e. The van der Waals surface area contributed by atoms with Gasteiger partial charge < -0.3 is 33.8 Å². The van der Waals surface area contributed by atoms with Gasteiger partial charge in [-0.25, -0.2) is 9.13 Å². The van der Waals surface area contributed by atoms with Crippen LogP contribution in [0.5, 0.6) is 0 Å². The van der Waals surface area contributed by atoms with E-state index in [0.29, 0.717) is 25.7 Å². The highest BCUT2D eigenvalue weighted by atomic mass is 31.2. The van der Waals surface area contributed by atoms with Crippen molar-refractivity contribution in [3.63, 3.8) is 0 Å². The lowest BCUT2D eigenvalue weighted by Gasteiger charge is -2.21. The van der Waals surface area contributed by atoms with Gasteiger partial charge in [-0.3, -0.25) is 37.3 Å². The Hall–Kier alpha value is -1.94. The summed E-state index contributed by atoms with van der Waals surface area (Å²) in [6.07, 6.45) is 47.4. The zero-order valence-electron chi connectivity index (χ0n) is 54.6. The second-order valence-electron chi connectivity index (χ2n) is 23.9. The normalized spacial score (nSPS) is 14.1. The molecule has 0 aromatic rings. The van der Waals surface area contributed by atoms with Crippen LogP contribution in [0.15, 0.2) is 0 Å². The number of aliphatic hydroxyl groups is 1. The summed E-state index contributed by atoms with van der Waals surface area (Å²) in [4.78, 5) is 72.1. The van der Waals surface area contributed by atoms with E-state index in [1.165, 1.54) is 167 Å². The Morgan fingerprint density at radius 1 is 0.282 bits per heavy atom. The van der Waals surface area contributed by atoms with Crippen molar-refractivity contribution < 1.29 is 80.2 Å². The second kappa shape index (κ2) is 60.9. The SMILES string of the molecule is CCCCCCCCCCCCCCCCCCC(=O)O[C@H](COC(=O)CCCCCCCCCCCCCC)COP(=O)(O)OC[C@@H](O)COP(=O)(O)OC[C@@H](COC(=O)CCCCCCC)OC(=O)CCCCCCCCCCCCCC. The Bertz CT molecular complexity index is 1640. The van der Waals surface area contributed by atoms with Gasteiger partial charge in [0.2, 0.25) is 0 Å². The molecule has 0 amide bonds. The zero-order valence-corrected chi connectivity index (χ0v) is 56.4. The molecule has 5 atom stereocenters. The van der Waals surface area contributed by atoms with Gasteiger partial charge in [-0.05, 0) is 25.7 Å². The van der Waals surface area contributed by atoms with Crippen LogP contribution >= 0.6 is 15.6 Å². The summed E-state index contributed by atoms with van der Waals surface area (Å²) >= 11 is 0. The van der Waals surface area contributed by atoms with Gasteiger partial charge in [0.1, 0.15) is 19.3 Å². The fourth-order valence-electron chi connectivity index (χ4n) is 9.99. The first-order chi connectivity index (χ1) is 41.2. The topological polar surface area (TPSA) is 237 Å². The Morgan fingerprint density at radius 2 is 0.471 bits per heavy atom. The zero-order chi connectivity index (χ0) is 62.6. The average Bonchev–Trinajstić information content (AvgIpc) is 3.48.